The summed E-state index contributed by atoms with van der Waals surface area (Å²) in [6, 6.07) is 8.09. The van der Waals surface area contributed by atoms with E-state index in [0.29, 0.717) is 24.8 Å². The highest BCUT2D eigenvalue weighted by Crippen LogP contribution is 2.17. The highest BCUT2D eigenvalue weighted by molar-refractivity contribution is 5.78. The first-order valence-electron chi connectivity index (χ1n) is 9.87. The smallest absolute Gasteiger partial charge is 0.241 e. The number of amides is 1. The number of nitrogens with zero attached hydrogens (tertiary/aromatic N) is 5. The summed E-state index contributed by atoms with van der Waals surface area (Å²) < 4.78 is 10.8. The van der Waals surface area contributed by atoms with Crippen molar-refractivity contribution in [1.29, 1.82) is 0 Å². The van der Waals surface area contributed by atoms with E-state index in [4.69, 9.17) is 9.26 Å². The van der Waals surface area contributed by atoms with Crippen molar-refractivity contribution in [2.75, 3.05) is 59.0 Å². The Labute approximate surface area is 165 Å². The predicted octanol–water partition coefficient (Wildman–Crippen LogP) is 1.02. The van der Waals surface area contributed by atoms with E-state index in [2.05, 4.69) is 26.9 Å². The Morgan fingerprint density at radius 1 is 1.00 bits per heavy atom. The van der Waals surface area contributed by atoms with Gasteiger partial charge in [0.2, 0.25) is 17.6 Å². The Bertz CT molecular complexity index is 777. The van der Waals surface area contributed by atoms with E-state index in [-0.39, 0.29) is 5.91 Å². The fourth-order valence-corrected chi connectivity index (χ4v) is 3.54. The van der Waals surface area contributed by atoms with E-state index < -0.39 is 0 Å². The monoisotopic (exact) mass is 385 g/mol. The molecule has 4 rings (SSSR count). The molecule has 0 unspecified atom stereocenters. The molecule has 1 aromatic carbocycles. The van der Waals surface area contributed by atoms with Gasteiger partial charge < -0.3 is 14.2 Å². The lowest BCUT2D eigenvalue weighted by Gasteiger charge is -2.35. The summed E-state index contributed by atoms with van der Waals surface area (Å²) in [7, 11) is 0. The minimum absolute atomic E-state index is 0.209. The Kier molecular flexibility index (Phi) is 5.99. The van der Waals surface area contributed by atoms with Crippen LogP contribution in [0.3, 0.4) is 0 Å². The summed E-state index contributed by atoms with van der Waals surface area (Å²) in [4.78, 5) is 23.4. The Balaban J connectivity index is 1.25. The van der Waals surface area contributed by atoms with Crippen LogP contribution in [0.5, 0.6) is 0 Å². The molecule has 3 heterocycles. The highest BCUT2D eigenvalue weighted by Gasteiger charge is 2.24. The molecule has 28 heavy (non-hydrogen) atoms. The Hall–Kier alpha value is -2.29. The number of carbonyl (C=O) groups is 1. The van der Waals surface area contributed by atoms with Crippen LogP contribution in [0.2, 0.25) is 0 Å². The van der Waals surface area contributed by atoms with Crippen LogP contribution >= 0.6 is 0 Å². The first kappa shape index (κ1) is 19.0. The topological polar surface area (TPSA) is 74.9 Å². The van der Waals surface area contributed by atoms with E-state index in [0.717, 1.165) is 58.0 Å². The van der Waals surface area contributed by atoms with Crippen molar-refractivity contribution in [3.8, 4) is 11.4 Å². The van der Waals surface area contributed by atoms with Crippen LogP contribution in [-0.4, -0.2) is 89.8 Å². The van der Waals surface area contributed by atoms with Gasteiger partial charge in [-0.1, -0.05) is 35.0 Å². The van der Waals surface area contributed by atoms with Gasteiger partial charge in [-0.25, -0.2) is 0 Å². The van der Waals surface area contributed by atoms with E-state index >= 15 is 0 Å². The summed E-state index contributed by atoms with van der Waals surface area (Å²) in [5.74, 6) is 1.44. The van der Waals surface area contributed by atoms with Gasteiger partial charge in [0, 0.05) is 44.8 Å². The van der Waals surface area contributed by atoms with Gasteiger partial charge in [-0.15, -0.1) is 0 Å². The molecule has 0 saturated carbocycles. The fraction of sp³-hybridized carbons (Fsp3) is 0.550. The summed E-state index contributed by atoms with van der Waals surface area (Å²) in [6.45, 7) is 9.39. The van der Waals surface area contributed by atoms with Crippen molar-refractivity contribution in [2.45, 2.75) is 13.5 Å². The lowest BCUT2D eigenvalue weighted by Crippen LogP contribution is -2.52. The molecule has 1 aromatic heterocycles. The molecule has 8 heteroatoms. The van der Waals surface area contributed by atoms with Gasteiger partial charge >= 0.3 is 0 Å². The predicted molar refractivity (Wildman–Crippen MR) is 104 cm³/mol. The maximum absolute atomic E-state index is 12.5. The van der Waals surface area contributed by atoms with Crippen molar-refractivity contribution in [1.82, 2.24) is 24.8 Å². The highest BCUT2D eigenvalue weighted by atomic mass is 16.5. The van der Waals surface area contributed by atoms with Crippen LogP contribution in [-0.2, 0) is 16.1 Å². The van der Waals surface area contributed by atoms with Gasteiger partial charge in [-0.05, 0) is 6.92 Å². The number of hydrogen-bond acceptors (Lipinski definition) is 7. The van der Waals surface area contributed by atoms with Gasteiger partial charge in [-0.3, -0.25) is 14.6 Å². The van der Waals surface area contributed by atoms with Crippen LogP contribution in [0.1, 0.15) is 11.5 Å². The zero-order valence-electron chi connectivity index (χ0n) is 16.3. The van der Waals surface area contributed by atoms with Crippen LogP contribution in [0.25, 0.3) is 11.4 Å². The summed E-state index contributed by atoms with van der Waals surface area (Å²) in [5, 5.41) is 4.10. The average Bonchev–Trinajstić information content (AvgIpc) is 3.18. The lowest BCUT2D eigenvalue weighted by atomic mass is 10.1. The molecule has 2 aliphatic rings. The van der Waals surface area contributed by atoms with Crippen molar-refractivity contribution >= 4 is 5.91 Å². The van der Waals surface area contributed by atoms with Crippen LogP contribution in [0, 0.1) is 6.92 Å². The lowest BCUT2D eigenvalue weighted by molar-refractivity contribution is -0.135. The molecule has 2 fully saturated rings. The third kappa shape index (κ3) is 4.76. The van der Waals surface area contributed by atoms with Crippen molar-refractivity contribution < 1.29 is 14.1 Å². The number of rotatable bonds is 5. The second-order valence-electron chi connectivity index (χ2n) is 7.42. The molecule has 0 aliphatic carbocycles. The molecule has 1 amide bonds. The standard InChI is InChI=1S/C20H27N5O3/c1-16-2-4-17(5-3-16)20-21-18(28-22-20)14-23-6-8-25(9-7-23)19(26)15-24-10-12-27-13-11-24/h2-5H,6-15H2,1H3. The Morgan fingerprint density at radius 2 is 1.71 bits per heavy atom. The van der Waals surface area contributed by atoms with Gasteiger partial charge in [0.05, 0.1) is 26.3 Å². The molecule has 0 bridgehead atoms. The molecule has 0 N–H and O–H groups in total. The first-order valence-corrected chi connectivity index (χ1v) is 9.87. The number of ether oxygens (including phenoxy) is 1. The number of hydrogen-bond donors (Lipinski definition) is 0. The number of piperazine rings is 1. The maximum Gasteiger partial charge on any atom is 0.241 e. The van der Waals surface area contributed by atoms with Gasteiger partial charge in [0.1, 0.15) is 0 Å². The number of morpholine rings is 1. The molecule has 8 nitrogen and oxygen atoms in total. The van der Waals surface area contributed by atoms with Crippen LogP contribution in [0.4, 0.5) is 0 Å². The normalized spacial score (nSPS) is 19.1. The summed E-state index contributed by atoms with van der Waals surface area (Å²) >= 11 is 0. The van der Waals surface area contributed by atoms with E-state index in [1.54, 1.807) is 0 Å². The second-order valence-corrected chi connectivity index (χ2v) is 7.42. The van der Waals surface area contributed by atoms with Crippen LogP contribution in [0.15, 0.2) is 28.8 Å². The third-order valence-corrected chi connectivity index (χ3v) is 5.32. The number of aryl methyl sites for hydroxylation is 1. The zero-order valence-corrected chi connectivity index (χ0v) is 16.3. The quantitative estimate of drug-likeness (QED) is 0.761. The fourth-order valence-electron chi connectivity index (χ4n) is 3.54. The average molecular weight is 385 g/mol. The molecule has 0 atom stereocenters. The van der Waals surface area contributed by atoms with Gasteiger partial charge in [0.15, 0.2) is 0 Å². The summed E-state index contributed by atoms with van der Waals surface area (Å²) in [6.07, 6.45) is 0. The molecule has 2 aliphatic heterocycles. The first-order chi connectivity index (χ1) is 13.7. The molecule has 0 spiro atoms. The second kappa shape index (κ2) is 8.81. The number of aromatic nitrogens is 2. The maximum atomic E-state index is 12.5. The van der Waals surface area contributed by atoms with Gasteiger partial charge in [-0.2, -0.15) is 4.98 Å². The number of carbonyl (C=O) groups excluding carboxylic acids is 1. The molecule has 2 aromatic rings. The van der Waals surface area contributed by atoms with Crippen molar-refractivity contribution in [3.05, 3.63) is 35.7 Å². The minimum atomic E-state index is 0.209. The summed E-state index contributed by atoms with van der Waals surface area (Å²) in [5.41, 5.74) is 2.16. The molecule has 0 radical (unpaired) electrons. The zero-order chi connectivity index (χ0) is 19.3. The van der Waals surface area contributed by atoms with Gasteiger partial charge in [0.25, 0.3) is 0 Å². The Morgan fingerprint density at radius 3 is 2.43 bits per heavy atom. The minimum Gasteiger partial charge on any atom is -0.379 e. The molecular weight excluding hydrogens is 358 g/mol. The van der Waals surface area contributed by atoms with Crippen LogP contribution < -0.4 is 0 Å². The van der Waals surface area contributed by atoms with Crippen molar-refractivity contribution in [2.24, 2.45) is 0 Å². The molecule has 150 valence electrons. The largest absolute Gasteiger partial charge is 0.379 e. The molecule has 2 saturated heterocycles. The van der Waals surface area contributed by atoms with E-state index in [1.807, 2.05) is 29.2 Å². The number of benzene rings is 1. The van der Waals surface area contributed by atoms with Crippen molar-refractivity contribution in [3.63, 3.8) is 0 Å². The third-order valence-electron chi connectivity index (χ3n) is 5.32. The SMILES string of the molecule is Cc1ccc(-c2noc(CN3CCN(C(=O)CN4CCOCC4)CC3)n2)cc1. The van der Waals surface area contributed by atoms with E-state index in [1.165, 1.54) is 5.56 Å². The molecular formula is C20H27N5O3. The van der Waals surface area contributed by atoms with E-state index in [9.17, 15) is 4.79 Å².